The van der Waals surface area contributed by atoms with Crippen LogP contribution in [0.5, 0.6) is 0 Å². The van der Waals surface area contributed by atoms with Gasteiger partial charge < -0.3 is 14.7 Å². The number of carbonyl (C=O) groups is 2. The largest absolute Gasteiger partial charge is 0.481 e. The lowest BCUT2D eigenvalue weighted by Crippen LogP contribution is -2.39. The van der Waals surface area contributed by atoms with Gasteiger partial charge in [-0.05, 0) is 18.9 Å². The first-order chi connectivity index (χ1) is 9.59. The number of carbonyl (C=O) groups excluding carboxylic acids is 1. The summed E-state index contributed by atoms with van der Waals surface area (Å²) in [6, 6.07) is 9.36. The van der Waals surface area contributed by atoms with Gasteiger partial charge in [0, 0.05) is 12.6 Å². The number of ether oxygens (including phenoxy) is 1. The minimum absolute atomic E-state index is 0.00836. The second kappa shape index (κ2) is 6.52. The minimum atomic E-state index is -0.835. The molecule has 2 rings (SSSR count). The van der Waals surface area contributed by atoms with Crippen molar-refractivity contribution in [2.45, 2.75) is 26.0 Å². The molecule has 1 amide bonds. The Hall–Kier alpha value is -1.88. The van der Waals surface area contributed by atoms with Gasteiger partial charge in [-0.15, -0.1) is 0 Å². The minimum Gasteiger partial charge on any atom is -0.481 e. The molecule has 2 unspecified atom stereocenters. The molecule has 0 radical (unpaired) electrons. The first-order valence-electron chi connectivity index (χ1n) is 6.73. The van der Waals surface area contributed by atoms with Crippen LogP contribution in [0.2, 0.25) is 0 Å². The van der Waals surface area contributed by atoms with Crippen molar-refractivity contribution in [3.63, 3.8) is 0 Å². The van der Waals surface area contributed by atoms with Crippen LogP contribution < -0.4 is 0 Å². The van der Waals surface area contributed by atoms with Crippen molar-refractivity contribution in [3.8, 4) is 0 Å². The van der Waals surface area contributed by atoms with Crippen molar-refractivity contribution in [1.29, 1.82) is 0 Å². The Balaban J connectivity index is 1.80. The molecule has 1 saturated heterocycles. The van der Waals surface area contributed by atoms with Crippen molar-refractivity contribution < 1.29 is 19.4 Å². The maximum Gasteiger partial charge on any atom is 0.308 e. The zero-order chi connectivity index (χ0) is 14.5. The highest BCUT2D eigenvalue weighted by Gasteiger charge is 2.37. The highest BCUT2D eigenvalue weighted by atomic mass is 16.5. The Bertz CT molecular complexity index is 474. The molecule has 1 aliphatic rings. The maximum atomic E-state index is 12.0. The molecule has 1 heterocycles. The van der Waals surface area contributed by atoms with Crippen LogP contribution in [0, 0.1) is 5.92 Å². The zero-order valence-electron chi connectivity index (χ0n) is 11.5. The summed E-state index contributed by atoms with van der Waals surface area (Å²) in [5.41, 5.74) is 1.01. The van der Waals surface area contributed by atoms with Crippen LogP contribution in [0.1, 0.15) is 18.9 Å². The number of nitrogens with zero attached hydrogens (tertiary/aromatic N) is 1. The molecule has 5 nitrogen and oxygen atoms in total. The molecule has 1 aromatic rings. The summed E-state index contributed by atoms with van der Waals surface area (Å²) < 4.78 is 5.40. The monoisotopic (exact) mass is 277 g/mol. The van der Waals surface area contributed by atoms with E-state index >= 15 is 0 Å². The third-order valence-electron chi connectivity index (χ3n) is 3.73. The fraction of sp³-hybridized carbons (Fsp3) is 0.467. The highest BCUT2D eigenvalue weighted by molar-refractivity contribution is 5.80. The van der Waals surface area contributed by atoms with E-state index < -0.39 is 11.9 Å². The number of rotatable bonds is 5. The molecule has 0 bridgehead atoms. The zero-order valence-corrected chi connectivity index (χ0v) is 11.5. The van der Waals surface area contributed by atoms with Crippen LogP contribution in [0.15, 0.2) is 30.3 Å². The highest BCUT2D eigenvalue weighted by Crippen LogP contribution is 2.24. The maximum absolute atomic E-state index is 12.0. The number of hydrogen-bond donors (Lipinski definition) is 1. The van der Waals surface area contributed by atoms with E-state index in [4.69, 9.17) is 9.84 Å². The fourth-order valence-electron chi connectivity index (χ4n) is 2.54. The van der Waals surface area contributed by atoms with E-state index in [1.54, 1.807) is 11.8 Å². The number of aliphatic carboxylic acids is 1. The molecule has 1 aromatic carbocycles. The molecule has 108 valence electrons. The van der Waals surface area contributed by atoms with Gasteiger partial charge in [0.1, 0.15) is 6.61 Å². The van der Waals surface area contributed by atoms with Gasteiger partial charge in [-0.1, -0.05) is 30.3 Å². The second-order valence-corrected chi connectivity index (χ2v) is 5.04. The van der Waals surface area contributed by atoms with Gasteiger partial charge in [0.2, 0.25) is 5.91 Å². The summed E-state index contributed by atoms with van der Waals surface area (Å²) in [5.74, 6) is -1.44. The Morgan fingerprint density at radius 3 is 2.65 bits per heavy atom. The van der Waals surface area contributed by atoms with Gasteiger partial charge in [0.25, 0.3) is 0 Å². The SMILES string of the molecule is CC1C(C(=O)O)CCN1C(=O)COCc1ccccc1. The van der Waals surface area contributed by atoms with E-state index in [2.05, 4.69) is 0 Å². The molecular formula is C15H19NO4. The number of benzene rings is 1. The van der Waals surface area contributed by atoms with Crippen LogP contribution in [0.3, 0.4) is 0 Å². The number of amides is 1. The lowest BCUT2D eigenvalue weighted by molar-refractivity contribution is -0.143. The number of carboxylic acids is 1. The van der Waals surface area contributed by atoms with Crippen molar-refractivity contribution in [2.24, 2.45) is 5.92 Å². The Morgan fingerprint density at radius 2 is 2.05 bits per heavy atom. The number of carboxylic acid groups (broad SMARTS) is 1. The van der Waals surface area contributed by atoms with Crippen LogP contribution in [0.25, 0.3) is 0 Å². The average molecular weight is 277 g/mol. The van der Waals surface area contributed by atoms with Crippen molar-refractivity contribution in [3.05, 3.63) is 35.9 Å². The molecule has 20 heavy (non-hydrogen) atoms. The van der Waals surface area contributed by atoms with Gasteiger partial charge in [-0.25, -0.2) is 0 Å². The van der Waals surface area contributed by atoms with Gasteiger partial charge in [0.15, 0.2) is 0 Å². The van der Waals surface area contributed by atoms with E-state index in [0.29, 0.717) is 19.6 Å². The van der Waals surface area contributed by atoms with E-state index in [1.807, 2.05) is 30.3 Å². The van der Waals surface area contributed by atoms with Crippen LogP contribution in [-0.4, -0.2) is 41.1 Å². The van der Waals surface area contributed by atoms with Crippen molar-refractivity contribution in [2.75, 3.05) is 13.2 Å². The normalized spacial score (nSPS) is 21.9. The molecule has 2 atom stereocenters. The lowest BCUT2D eigenvalue weighted by Gasteiger charge is -2.23. The third-order valence-corrected chi connectivity index (χ3v) is 3.73. The first kappa shape index (κ1) is 14.5. The Kier molecular flexibility index (Phi) is 4.74. The summed E-state index contributed by atoms with van der Waals surface area (Å²) in [4.78, 5) is 24.6. The van der Waals surface area contributed by atoms with Gasteiger partial charge in [-0.3, -0.25) is 9.59 Å². The number of likely N-dealkylation sites (tertiary alicyclic amines) is 1. The number of hydrogen-bond acceptors (Lipinski definition) is 3. The lowest BCUT2D eigenvalue weighted by atomic mass is 10.0. The summed E-state index contributed by atoms with van der Waals surface area (Å²) >= 11 is 0. The Labute approximate surface area is 118 Å². The smallest absolute Gasteiger partial charge is 0.308 e. The average Bonchev–Trinajstić information content (AvgIpc) is 2.82. The van der Waals surface area contributed by atoms with Crippen LogP contribution in [0.4, 0.5) is 0 Å². The predicted molar refractivity (Wildman–Crippen MR) is 73.0 cm³/mol. The summed E-state index contributed by atoms with van der Waals surface area (Å²) in [5, 5.41) is 9.04. The topological polar surface area (TPSA) is 66.8 Å². The second-order valence-electron chi connectivity index (χ2n) is 5.04. The molecule has 1 N–H and O–H groups in total. The molecule has 0 spiro atoms. The van der Waals surface area contributed by atoms with Crippen molar-refractivity contribution >= 4 is 11.9 Å². The third kappa shape index (κ3) is 3.36. The predicted octanol–water partition coefficient (Wildman–Crippen LogP) is 1.52. The van der Waals surface area contributed by atoms with Crippen molar-refractivity contribution in [1.82, 2.24) is 4.90 Å². The molecule has 0 aromatic heterocycles. The molecule has 1 aliphatic heterocycles. The first-order valence-corrected chi connectivity index (χ1v) is 6.73. The van der Waals surface area contributed by atoms with Gasteiger partial charge in [-0.2, -0.15) is 0 Å². The summed E-state index contributed by atoms with van der Waals surface area (Å²) in [7, 11) is 0. The van der Waals surface area contributed by atoms with E-state index in [0.717, 1.165) is 5.56 Å². The molecule has 1 fully saturated rings. The quantitative estimate of drug-likeness (QED) is 0.886. The van der Waals surface area contributed by atoms with Crippen LogP contribution >= 0.6 is 0 Å². The molecule has 5 heteroatoms. The summed E-state index contributed by atoms with van der Waals surface area (Å²) in [6.45, 7) is 2.65. The molecule has 0 saturated carbocycles. The van der Waals surface area contributed by atoms with E-state index in [-0.39, 0.29) is 18.6 Å². The molecule has 0 aliphatic carbocycles. The summed E-state index contributed by atoms with van der Waals surface area (Å²) in [6.07, 6.45) is 0.515. The van der Waals surface area contributed by atoms with E-state index in [1.165, 1.54) is 0 Å². The Morgan fingerprint density at radius 1 is 1.35 bits per heavy atom. The fourth-order valence-corrected chi connectivity index (χ4v) is 2.54. The van der Waals surface area contributed by atoms with Gasteiger partial charge >= 0.3 is 5.97 Å². The standard InChI is InChI=1S/C15H19NO4/c1-11-13(15(18)19)7-8-16(11)14(17)10-20-9-12-5-3-2-4-6-12/h2-6,11,13H,7-10H2,1H3,(H,18,19). The van der Waals surface area contributed by atoms with Gasteiger partial charge in [0.05, 0.1) is 12.5 Å². The molecular weight excluding hydrogens is 258 g/mol. The van der Waals surface area contributed by atoms with Crippen LogP contribution in [-0.2, 0) is 20.9 Å². The van der Waals surface area contributed by atoms with E-state index in [9.17, 15) is 9.59 Å².